The van der Waals surface area contributed by atoms with Crippen molar-refractivity contribution in [3.8, 4) is 0 Å². The Morgan fingerprint density at radius 1 is 1.38 bits per heavy atom. The van der Waals surface area contributed by atoms with Crippen LogP contribution in [0.3, 0.4) is 0 Å². The van der Waals surface area contributed by atoms with E-state index in [9.17, 15) is 9.59 Å². The number of hydrogen-bond donors (Lipinski definition) is 1. The third-order valence-corrected chi connectivity index (χ3v) is 3.52. The molecule has 0 amide bonds. The number of carboxylic acid groups (broad SMARTS) is 1. The Labute approximate surface area is 95.8 Å². The molecule has 0 bridgehead atoms. The number of aromatic nitrogens is 1. The van der Waals surface area contributed by atoms with Gasteiger partial charge in [0.15, 0.2) is 0 Å². The quantitative estimate of drug-likeness (QED) is 0.865. The van der Waals surface area contributed by atoms with Crippen LogP contribution in [0.1, 0.15) is 11.1 Å². The summed E-state index contributed by atoms with van der Waals surface area (Å²) in [6, 6.07) is 3.79. The summed E-state index contributed by atoms with van der Waals surface area (Å²) in [5.74, 6) is -1.000. The monoisotopic (exact) mass is 237 g/mol. The minimum Gasteiger partial charge on any atom is -0.480 e. The molecule has 0 saturated carbocycles. The predicted molar refractivity (Wildman–Crippen MR) is 63.2 cm³/mol. The number of rotatable bonds is 2. The van der Waals surface area contributed by atoms with Crippen molar-refractivity contribution in [2.24, 2.45) is 0 Å². The Kier molecular flexibility index (Phi) is 2.55. The van der Waals surface area contributed by atoms with Crippen LogP contribution in [0.5, 0.6) is 0 Å². The molecule has 1 heterocycles. The smallest absolute Gasteiger partial charge is 0.323 e. The second-order valence-corrected chi connectivity index (χ2v) is 4.75. The lowest BCUT2D eigenvalue weighted by atomic mass is 10.1. The number of fused-ring (bicyclic) bond motifs is 1. The van der Waals surface area contributed by atoms with Crippen molar-refractivity contribution < 1.29 is 9.90 Å². The third-order valence-electron chi connectivity index (χ3n) is 2.58. The van der Waals surface area contributed by atoms with E-state index in [1.54, 1.807) is 0 Å². The Bertz CT molecular complexity index is 624. The second-order valence-electron chi connectivity index (χ2n) is 3.75. The Morgan fingerprint density at radius 3 is 2.62 bits per heavy atom. The lowest BCUT2D eigenvalue weighted by Crippen LogP contribution is -2.18. The Hall–Kier alpha value is -1.62. The summed E-state index contributed by atoms with van der Waals surface area (Å²) in [7, 11) is 0. The van der Waals surface area contributed by atoms with Crippen LogP contribution in [-0.4, -0.2) is 15.6 Å². The highest BCUT2D eigenvalue weighted by atomic mass is 32.1. The van der Waals surface area contributed by atoms with Gasteiger partial charge in [0.25, 0.3) is 0 Å². The molecule has 0 saturated heterocycles. The first-order valence-corrected chi connectivity index (χ1v) is 5.63. The van der Waals surface area contributed by atoms with Crippen molar-refractivity contribution in [3.63, 3.8) is 0 Å². The molecule has 2 aromatic rings. The van der Waals surface area contributed by atoms with Crippen molar-refractivity contribution in [1.82, 2.24) is 4.57 Å². The van der Waals surface area contributed by atoms with E-state index in [1.165, 1.54) is 4.57 Å². The number of aliphatic carboxylic acids is 1. The van der Waals surface area contributed by atoms with E-state index in [0.717, 1.165) is 27.2 Å². The fraction of sp³-hybridized carbons (Fsp3) is 0.273. The minimum absolute atomic E-state index is 0.220. The molecule has 1 N–H and O–H groups in total. The van der Waals surface area contributed by atoms with E-state index in [2.05, 4.69) is 0 Å². The molecule has 0 radical (unpaired) electrons. The standard InChI is InChI=1S/C11H11NO3S/c1-6-3-8-9(4-7(6)2)16-11(15)12(8)5-10(13)14/h3-4H,5H2,1-2H3,(H,13,14). The van der Waals surface area contributed by atoms with Gasteiger partial charge in [-0.3, -0.25) is 14.2 Å². The molecule has 5 heteroatoms. The number of thiazole rings is 1. The van der Waals surface area contributed by atoms with Gasteiger partial charge in [-0.15, -0.1) is 0 Å². The van der Waals surface area contributed by atoms with Gasteiger partial charge in [0.1, 0.15) is 6.54 Å². The van der Waals surface area contributed by atoms with E-state index in [-0.39, 0.29) is 11.4 Å². The van der Waals surface area contributed by atoms with Crippen molar-refractivity contribution in [2.75, 3.05) is 0 Å². The fourth-order valence-corrected chi connectivity index (χ4v) is 2.57. The predicted octanol–water partition coefficient (Wildman–Crippen LogP) is 1.76. The first-order chi connectivity index (χ1) is 7.49. The molecule has 0 spiro atoms. The van der Waals surface area contributed by atoms with Crippen LogP contribution >= 0.6 is 11.3 Å². The van der Waals surface area contributed by atoms with Crippen molar-refractivity contribution >= 4 is 27.5 Å². The number of carbonyl (C=O) groups is 1. The highest BCUT2D eigenvalue weighted by Gasteiger charge is 2.11. The highest BCUT2D eigenvalue weighted by molar-refractivity contribution is 7.16. The van der Waals surface area contributed by atoms with Crippen LogP contribution in [0.4, 0.5) is 0 Å². The zero-order chi connectivity index (χ0) is 11.9. The molecule has 0 aliphatic carbocycles. The topological polar surface area (TPSA) is 59.3 Å². The average Bonchev–Trinajstić information content (AvgIpc) is 2.45. The van der Waals surface area contributed by atoms with Gasteiger partial charge in [-0.05, 0) is 37.1 Å². The molecule has 4 nitrogen and oxygen atoms in total. The second kappa shape index (κ2) is 3.75. The first-order valence-electron chi connectivity index (χ1n) is 4.81. The Morgan fingerprint density at radius 2 is 2.00 bits per heavy atom. The van der Waals surface area contributed by atoms with E-state index in [4.69, 9.17) is 5.11 Å². The molecule has 1 aromatic heterocycles. The normalized spacial score (nSPS) is 10.9. The molecular weight excluding hydrogens is 226 g/mol. The van der Waals surface area contributed by atoms with Gasteiger partial charge in [0.2, 0.25) is 0 Å². The van der Waals surface area contributed by atoms with E-state index in [1.807, 2.05) is 26.0 Å². The van der Waals surface area contributed by atoms with Crippen LogP contribution in [0, 0.1) is 13.8 Å². The van der Waals surface area contributed by atoms with Crippen LogP contribution in [0.2, 0.25) is 0 Å². The molecular formula is C11H11NO3S. The lowest BCUT2D eigenvalue weighted by Gasteiger charge is -2.02. The van der Waals surface area contributed by atoms with Gasteiger partial charge < -0.3 is 5.11 Å². The molecule has 0 aliphatic rings. The molecule has 0 atom stereocenters. The third kappa shape index (κ3) is 1.74. The Balaban J connectivity index is 2.74. The van der Waals surface area contributed by atoms with Gasteiger partial charge in [-0.2, -0.15) is 0 Å². The number of hydrogen-bond acceptors (Lipinski definition) is 3. The average molecular weight is 237 g/mol. The number of carboxylic acids is 1. The van der Waals surface area contributed by atoms with E-state index >= 15 is 0 Å². The molecule has 2 rings (SSSR count). The van der Waals surface area contributed by atoms with Crippen LogP contribution in [0.15, 0.2) is 16.9 Å². The lowest BCUT2D eigenvalue weighted by molar-refractivity contribution is -0.137. The SMILES string of the molecule is Cc1cc2sc(=O)n(CC(=O)O)c2cc1C. The molecule has 1 aromatic carbocycles. The molecule has 84 valence electrons. The van der Waals surface area contributed by atoms with Crippen molar-refractivity contribution in [2.45, 2.75) is 20.4 Å². The summed E-state index contributed by atoms with van der Waals surface area (Å²) in [5.41, 5.74) is 2.88. The van der Waals surface area contributed by atoms with Crippen molar-refractivity contribution in [1.29, 1.82) is 0 Å². The summed E-state index contributed by atoms with van der Waals surface area (Å²) < 4.78 is 2.14. The number of nitrogens with zero attached hydrogens (tertiary/aromatic N) is 1. The summed E-state index contributed by atoms with van der Waals surface area (Å²) in [5, 5.41) is 8.74. The van der Waals surface area contributed by atoms with Gasteiger partial charge in [-0.25, -0.2) is 0 Å². The van der Waals surface area contributed by atoms with Crippen LogP contribution < -0.4 is 4.87 Å². The highest BCUT2D eigenvalue weighted by Crippen LogP contribution is 2.21. The molecule has 16 heavy (non-hydrogen) atoms. The van der Waals surface area contributed by atoms with Gasteiger partial charge in [0, 0.05) is 0 Å². The van der Waals surface area contributed by atoms with Gasteiger partial charge in [0.05, 0.1) is 10.2 Å². The number of aryl methyl sites for hydroxylation is 2. The number of benzene rings is 1. The van der Waals surface area contributed by atoms with E-state index in [0.29, 0.717) is 5.52 Å². The largest absolute Gasteiger partial charge is 0.480 e. The zero-order valence-electron chi connectivity index (χ0n) is 8.98. The fourth-order valence-electron chi connectivity index (χ4n) is 1.60. The van der Waals surface area contributed by atoms with Crippen LogP contribution in [-0.2, 0) is 11.3 Å². The van der Waals surface area contributed by atoms with Gasteiger partial charge in [-0.1, -0.05) is 11.3 Å². The first kappa shape index (κ1) is 10.9. The summed E-state index contributed by atoms with van der Waals surface area (Å²) >= 11 is 1.09. The van der Waals surface area contributed by atoms with Crippen molar-refractivity contribution in [3.05, 3.63) is 32.9 Å². The van der Waals surface area contributed by atoms with Gasteiger partial charge >= 0.3 is 10.8 Å². The maximum atomic E-state index is 11.6. The molecule has 0 aliphatic heterocycles. The molecule has 0 unspecified atom stereocenters. The van der Waals surface area contributed by atoms with Crippen LogP contribution in [0.25, 0.3) is 10.2 Å². The zero-order valence-corrected chi connectivity index (χ0v) is 9.80. The summed E-state index contributed by atoms with van der Waals surface area (Å²) in [6.07, 6.45) is 0. The minimum atomic E-state index is -1.000. The molecule has 0 fully saturated rings. The summed E-state index contributed by atoms with van der Waals surface area (Å²) in [6.45, 7) is 3.64. The summed E-state index contributed by atoms with van der Waals surface area (Å²) in [4.78, 5) is 22.1. The van der Waals surface area contributed by atoms with E-state index < -0.39 is 5.97 Å². The maximum absolute atomic E-state index is 11.6. The maximum Gasteiger partial charge on any atom is 0.323 e.